The Kier molecular flexibility index (Phi) is 5.58. The Hall–Kier alpha value is -2.38. The molecule has 0 bridgehead atoms. The normalized spacial score (nSPS) is 11.3. The number of benzene rings is 1. The molecule has 0 fully saturated rings. The Morgan fingerprint density at radius 1 is 1.00 bits per heavy atom. The second-order valence-corrected chi connectivity index (χ2v) is 8.74. The number of thiophene rings is 1. The lowest BCUT2D eigenvalue weighted by Crippen LogP contribution is -2.17. The molecule has 7 heteroatoms. The minimum atomic E-state index is -3.60. The number of nitrogens with one attached hydrogen (secondary N) is 1. The first-order valence-electron chi connectivity index (χ1n) is 8.43. The number of rotatable bonds is 7. The molecular formula is C19H21N3O2S2. The van der Waals surface area contributed by atoms with Gasteiger partial charge in [-0.05, 0) is 49.7 Å². The lowest BCUT2D eigenvalue weighted by Gasteiger charge is -2.23. The van der Waals surface area contributed by atoms with Crippen molar-refractivity contribution in [1.29, 1.82) is 0 Å². The van der Waals surface area contributed by atoms with E-state index in [4.69, 9.17) is 0 Å². The van der Waals surface area contributed by atoms with Gasteiger partial charge in [-0.1, -0.05) is 25.1 Å². The van der Waals surface area contributed by atoms with Crippen LogP contribution < -0.4 is 9.62 Å². The lowest BCUT2D eigenvalue weighted by atomic mass is 10.2. The monoisotopic (exact) mass is 387 g/mol. The van der Waals surface area contributed by atoms with Gasteiger partial charge >= 0.3 is 0 Å². The molecule has 0 spiro atoms. The molecule has 0 atom stereocenters. The van der Waals surface area contributed by atoms with Gasteiger partial charge in [-0.2, -0.15) is 0 Å². The summed E-state index contributed by atoms with van der Waals surface area (Å²) in [7, 11) is -3.60. The van der Waals surface area contributed by atoms with Crippen LogP contribution in [0.4, 0.5) is 17.2 Å². The van der Waals surface area contributed by atoms with E-state index in [1.165, 1.54) is 11.3 Å². The molecule has 3 rings (SSSR count). The van der Waals surface area contributed by atoms with Crippen LogP contribution in [0.3, 0.4) is 0 Å². The van der Waals surface area contributed by atoms with Crippen molar-refractivity contribution in [2.24, 2.45) is 0 Å². The van der Waals surface area contributed by atoms with E-state index in [1.54, 1.807) is 18.3 Å². The molecule has 0 saturated heterocycles. The number of hydrogen-bond donors (Lipinski definition) is 1. The summed E-state index contributed by atoms with van der Waals surface area (Å²) in [5.74, 6) is 0.310. The van der Waals surface area contributed by atoms with Crippen molar-refractivity contribution in [3.8, 4) is 0 Å². The number of nitrogens with zero attached hydrogens (tertiary/aromatic N) is 2. The maximum atomic E-state index is 12.5. The maximum Gasteiger partial charge on any atom is 0.272 e. The molecule has 0 aliphatic carbocycles. The topological polar surface area (TPSA) is 62.3 Å². The van der Waals surface area contributed by atoms with Crippen molar-refractivity contribution in [3.63, 3.8) is 0 Å². The van der Waals surface area contributed by atoms with Gasteiger partial charge in [-0.15, -0.1) is 11.3 Å². The Bertz CT molecular complexity index is 952. The van der Waals surface area contributed by atoms with E-state index in [0.29, 0.717) is 10.0 Å². The highest BCUT2D eigenvalue weighted by Crippen LogP contribution is 2.27. The number of anilines is 3. The summed E-state index contributed by atoms with van der Waals surface area (Å²) in [5, 5.41) is 0. The fourth-order valence-electron chi connectivity index (χ4n) is 2.61. The van der Waals surface area contributed by atoms with Gasteiger partial charge in [0.15, 0.2) is 0 Å². The number of hydrogen-bond acceptors (Lipinski definition) is 5. The first kappa shape index (κ1) is 18.4. The van der Waals surface area contributed by atoms with Crippen LogP contribution >= 0.6 is 11.3 Å². The molecule has 3 aromatic rings. The second-order valence-electron chi connectivity index (χ2n) is 5.66. The maximum absolute atomic E-state index is 12.5. The van der Waals surface area contributed by atoms with E-state index in [-0.39, 0.29) is 0 Å². The quantitative estimate of drug-likeness (QED) is 0.640. The van der Waals surface area contributed by atoms with Crippen molar-refractivity contribution in [1.82, 2.24) is 4.98 Å². The molecule has 1 aromatic carbocycles. The van der Waals surface area contributed by atoms with Crippen LogP contribution in [0.15, 0.2) is 65.0 Å². The third-order valence-electron chi connectivity index (χ3n) is 3.93. The Morgan fingerprint density at radius 2 is 1.77 bits per heavy atom. The highest BCUT2D eigenvalue weighted by molar-refractivity contribution is 7.94. The third kappa shape index (κ3) is 4.05. The first-order valence-corrected chi connectivity index (χ1v) is 10.7. The second kappa shape index (κ2) is 7.88. The van der Waals surface area contributed by atoms with E-state index < -0.39 is 10.0 Å². The van der Waals surface area contributed by atoms with Crippen LogP contribution in [0.2, 0.25) is 0 Å². The summed E-state index contributed by atoms with van der Waals surface area (Å²) < 4.78 is 27.8. The smallest absolute Gasteiger partial charge is 0.272 e. The highest BCUT2D eigenvalue weighted by atomic mass is 32.2. The number of pyridine rings is 1. The van der Waals surface area contributed by atoms with Crippen LogP contribution in [0, 0.1) is 0 Å². The Balaban J connectivity index is 1.79. The van der Waals surface area contributed by atoms with Crippen LogP contribution in [-0.4, -0.2) is 19.9 Å². The molecule has 26 heavy (non-hydrogen) atoms. The minimum absolute atomic E-state index is 0.305. The predicted octanol–water partition coefficient (Wildman–Crippen LogP) is 4.66. The van der Waals surface area contributed by atoms with Crippen molar-refractivity contribution in [2.45, 2.75) is 24.5 Å². The summed E-state index contributed by atoms with van der Waals surface area (Å²) in [6.45, 7) is 4.85. The number of aryl methyl sites for hydroxylation is 1. The standard InChI is InChI=1S/C19H21N3O2S2/c1-3-17-11-13-19(25-17)26(23,24)21-18-12-10-16(14-20-18)22(4-2)15-8-6-5-7-9-15/h5-14H,3-4H2,1-2H3,(H,20,21). The van der Waals surface area contributed by atoms with E-state index in [2.05, 4.69) is 21.5 Å². The van der Waals surface area contributed by atoms with Gasteiger partial charge in [0.05, 0.1) is 11.9 Å². The minimum Gasteiger partial charge on any atom is -0.341 e. The molecule has 0 amide bonds. The van der Waals surface area contributed by atoms with Gasteiger partial charge < -0.3 is 4.90 Å². The molecule has 1 N–H and O–H groups in total. The van der Waals surface area contributed by atoms with Crippen LogP contribution in [-0.2, 0) is 16.4 Å². The van der Waals surface area contributed by atoms with E-state index in [0.717, 1.165) is 29.2 Å². The molecule has 0 radical (unpaired) electrons. The van der Waals surface area contributed by atoms with E-state index >= 15 is 0 Å². The summed E-state index contributed by atoms with van der Waals surface area (Å²) in [6, 6.07) is 17.0. The summed E-state index contributed by atoms with van der Waals surface area (Å²) in [5.41, 5.74) is 1.97. The molecule has 2 heterocycles. The molecule has 136 valence electrons. The molecule has 0 saturated carbocycles. The van der Waals surface area contributed by atoms with Gasteiger partial charge in [-0.3, -0.25) is 4.72 Å². The molecular weight excluding hydrogens is 366 g/mol. The van der Waals surface area contributed by atoms with Gasteiger partial charge in [0, 0.05) is 17.1 Å². The van der Waals surface area contributed by atoms with Crippen LogP contribution in [0.1, 0.15) is 18.7 Å². The van der Waals surface area contributed by atoms with Crippen molar-refractivity contribution < 1.29 is 8.42 Å². The zero-order valence-corrected chi connectivity index (χ0v) is 16.3. The van der Waals surface area contributed by atoms with Crippen LogP contribution in [0.25, 0.3) is 0 Å². The van der Waals surface area contributed by atoms with Gasteiger partial charge in [0.25, 0.3) is 10.0 Å². The van der Waals surface area contributed by atoms with Crippen molar-refractivity contribution >= 4 is 38.6 Å². The van der Waals surface area contributed by atoms with Gasteiger partial charge in [-0.25, -0.2) is 13.4 Å². The summed E-state index contributed by atoms with van der Waals surface area (Å²) >= 11 is 1.28. The summed E-state index contributed by atoms with van der Waals surface area (Å²) in [6.07, 6.45) is 2.50. The van der Waals surface area contributed by atoms with Gasteiger partial charge in [0.1, 0.15) is 10.0 Å². The first-order chi connectivity index (χ1) is 12.5. The molecule has 0 unspecified atom stereocenters. The number of sulfonamides is 1. The zero-order chi connectivity index (χ0) is 18.6. The number of aromatic nitrogens is 1. The molecule has 5 nitrogen and oxygen atoms in total. The van der Waals surface area contributed by atoms with E-state index in [9.17, 15) is 8.42 Å². The van der Waals surface area contributed by atoms with Crippen LogP contribution in [0.5, 0.6) is 0 Å². The fourth-order valence-corrected chi connectivity index (χ4v) is 4.91. The van der Waals surface area contributed by atoms with Crippen molar-refractivity contribution in [3.05, 3.63) is 65.7 Å². The Morgan fingerprint density at radius 3 is 2.35 bits per heavy atom. The van der Waals surface area contributed by atoms with E-state index in [1.807, 2.05) is 49.4 Å². The third-order valence-corrected chi connectivity index (χ3v) is 7.01. The lowest BCUT2D eigenvalue weighted by molar-refractivity contribution is 0.603. The highest BCUT2D eigenvalue weighted by Gasteiger charge is 2.17. The summed E-state index contributed by atoms with van der Waals surface area (Å²) in [4.78, 5) is 7.43. The largest absolute Gasteiger partial charge is 0.341 e. The molecule has 0 aliphatic heterocycles. The molecule has 0 aliphatic rings. The number of para-hydroxylation sites is 1. The predicted molar refractivity (Wildman–Crippen MR) is 108 cm³/mol. The average molecular weight is 388 g/mol. The Labute approximate surface area is 158 Å². The zero-order valence-electron chi connectivity index (χ0n) is 14.7. The fraction of sp³-hybridized carbons (Fsp3) is 0.211. The van der Waals surface area contributed by atoms with Gasteiger partial charge in [0.2, 0.25) is 0 Å². The molecule has 2 aromatic heterocycles. The average Bonchev–Trinajstić information content (AvgIpc) is 3.15. The van der Waals surface area contributed by atoms with Crippen molar-refractivity contribution in [2.75, 3.05) is 16.2 Å². The SMILES string of the molecule is CCc1ccc(S(=O)(=O)Nc2ccc(N(CC)c3ccccc3)cn2)s1.